The van der Waals surface area contributed by atoms with Gasteiger partial charge in [-0.25, -0.2) is 14.8 Å². The Bertz CT molecular complexity index is 1730. The molecule has 4 amide bonds. The number of amides is 4. The van der Waals surface area contributed by atoms with Gasteiger partial charge in [0.1, 0.15) is 18.6 Å². The molecule has 1 saturated carbocycles. The molecule has 2 bridgehead atoms. The number of aliphatic carboxylic acids is 1. The Balaban J connectivity index is 1.52. The molecule has 1 aliphatic carbocycles. The number of carbonyl (C=O) groups excluding carboxylic acids is 5. The molecule has 0 radical (unpaired) electrons. The maximum absolute atomic E-state index is 14.1. The number of carboxylic acid groups (broad SMARTS) is 1. The molecule has 13 heteroatoms. The van der Waals surface area contributed by atoms with Crippen molar-refractivity contribution in [3.8, 4) is 0 Å². The van der Waals surface area contributed by atoms with E-state index in [2.05, 4.69) is 44.0 Å². The number of amidine groups is 1. The summed E-state index contributed by atoms with van der Waals surface area (Å²) in [4.78, 5) is 80.0. The first-order chi connectivity index (χ1) is 26.6. The lowest BCUT2D eigenvalue weighted by molar-refractivity contribution is -0.140. The zero-order chi connectivity index (χ0) is 39.6. The highest BCUT2D eigenvalue weighted by atomic mass is 16.4. The van der Waals surface area contributed by atoms with E-state index < -0.39 is 53.6 Å². The average molecular weight is 756 g/mol. The zero-order valence-corrected chi connectivity index (χ0v) is 31.7. The van der Waals surface area contributed by atoms with Gasteiger partial charge in [-0.1, -0.05) is 106 Å². The van der Waals surface area contributed by atoms with Crippen LogP contribution < -0.4 is 31.3 Å². The number of ketones is 1. The van der Waals surface area contributed by atoms with Crippen molar-refractivity contribution in [2.75, 3.05) is 6.54 Å². The molecule has 55 heavy (non-hydrogen) atoms. The molecular formula is C42H55N6O7+. The minimum atomic E-state index is -1.22. The molecule has 0 spiro atoms. The van der Waals surface area contributed by atoms with Gasteiger partial charge in [0.15, 0.2) is 6.72 Å². The summed E-state index contributed by atoms with van der Waals surface area (Å²) >= 11 is 0. The molecule has 2 aliphatic rings. The largest absolute Gasteiger partial charge is 0.478 e. The Morgan fingerprint density at radius 3 is 2.38 bits per heavy atom. The number of nitrogens with one attached hydrogen (secondary N) is 5. The fraction of sp³-hybridized carbons (Fsp3) is 0.476. The summed E-state index contributed by atoms with van der Waals surface area (Å²) in [5.74, 6) is -4.45. The summed E-state index contributed by atoms with van der Waals surface area (Å²) in [5, 5.41) is 23.6. The molecule has 1 fully saturated rings. The van der Waals surface area contributed by atoms with Crippen LogP contribution in [0.3, 0.4) is 0 Å². The van der Waals surface area contributed by atoms with Gasteiger partial charge in [-0.05, 0) is 55.6 Å². The highest BCUT2D eigenvalue weighted by Crippen LogP contribution is 2.27. The van der Waals surface area contributed by atoms with E-state index >= 15 is 0 Å². The van der Waals surface area contributed by atoms with Gasteiger partial charge in [-0.2, -0.15) is 0 Å². The maximum atomic E-state index is 14.1. The van der Waals surface area contributed by atoms with E-state index in [9.17, 15) is 33.9 Å². The number of hydrogen-bond acceptors (Lipinski definition) is 6. The number of fused-ring (bicyclic) bond motifs is 2. The smallest absolute Gasteiger partial charge is 0.362 e. The van der Waals surface area contributed by atoms with Gasteiger partial charge in [0.05, 0.1) is 6.04 Å². The highest BCUT2D eigenvalue weighted by molar-refractivity contribution is 6.38. The third-order valence-electron chi connectivity index (χ3n) is 10.1. The van der Waals surface area contributed by atoms with Crippen molar-refractivity contribution >= 4 is 54.0 Å². The van der Waals surface area contributed by atoms with Crippen molar-refractivity contribution in [3.63, 3.8) is 0 Å². The van der Waals surface area contributed by atoms with E-state index in [1.807, 2.05) is 37.3 Å². The summed E-state index contributed by atoms with van der Waals surface area (Å²) in [5.41, 5.74) is 2.17. The van der Waals surface area contributed by atoms with Crippen molar-refractivity contribution in [1.82, 2.24) is 31.3 Å². The second-order valence-corrected chi connectivity index (χ2v) is 14.3. The second-order valence-electron chi connectivity index (χ2n) is 14.3. The number of benzene rings is 2. The first kappa shape index (κ1) is 42.2. The predicted molar refractivity (Wildman–Crippen MR) is 212 cm³/mol. The lowest BCUT2D eigenvalue weighted by atomic mass is 9.83. The van der Waals surface area contributed by atoms with Crippen LogP contribution in [0.4, 0.5) is 0 Å². The molecule has 4 atom stereocenters. The number of carboxylic acids is 1. The van der Waals surface area contributed by atoms with Gasteiger partial charge >= 0.3 is 11.8 Å². The van der Waals surface area contributed by atoms with E-state index in [0.29, 0.717) is 24.8 Å². The van der Waals surface area contributed by atoms with Crippen LogP contribution >= 0.6 is 0 Å². The monoisotopic (exact) mass is 755 g/mol. The lowest BCUT2D eigenvalue weighted by Gasteiger charge is -2.31. The summed E-state index contributed by atoms with van der Waals surface area (Å²) in [6.07, 6.45) is 13.0. The summed E-state index contributed by atoms with van der Waals surface area (Å²) < 4.78 is 3.81. The third kappa shape index (κ3) is 13.4. The van der Waals surface area contributed by atoms with Crippen molar-refractivity contribution < 1.29 is 33.9 Å². The van der Waals surface area contributed by atoms with Crippen molar-refractivity contribution in [3.05, 3.63) is 77.4 Å². The first-order valence-electron chi connectivity index (χ1n) is 19.4. The minimum absolute atomic E-state index is 0.0227. The van der Waals surface area contributed by atoms with Gasteiger partial charge in [0, 0.05) is 18.4 Å². The first-order valence-corrected chi connectivity index (χ1v) is 19.4. The maximum Gasteiger partial charge on any atom is 0.362 e. The van der Waals surface area contributed by atoms with Crippen LogP contribution in [0.25, 0.3) is 6.08 Å². The molecule has 0 saturated heterocycles. The second kappa shape index (κ2) is 22.0. The molecule has 6 N–H and O–H groups in total. The van der Waals surface area contributed by atoms with Gasteiger partial charge in [-0.3, -0.25) is 24.0 Å². The van der Waals surface area contributed by atoms with Crippen molar-refractivity contribution in [2.45, 2.75) is 115 Å². The molecule has 2 aromatic carbocycles. The predicted octanol–water partition coefficient (Wildman–Crippen LogP) is 3.31. The van der Waals surface area contributed by atoms with Crippen LogP contribution in [-0.2, 0) is 35.2 Å². The molecule has 13 nitrogen and oxygen atoms in total. The van der Waals surface area contributed by atoms with Crippen molar-refractivity contribution in [2.24, 2.45) is 5.92 Å². The number of rotatable bonds is 12. The normalized spacial score (nSPS) is 20.2. The van der Waals surface area contributed by atoms with Gasteiger partial charge in [-0.15, -0.1) is 0 Å². The number of nitrogens with zero attached hydrogens (tertiary/aromatic N) is 1. The fourth-order valence-corrected chi connectivity index (χ4v) is 7.08. The molecule has 4 rings (SSSR count). The van der Waals surface area contributed by atoms with Gasteiger partial charge in [0.25, 0.3) is 5.91 Å². The zero-order valence-electron chi connectivity index (χ0n) is 31.7. The Morgan fingerprint density at radius 2 is 1.67 bits per heavy atom. The summed E-state index contributed by atoms with van der Waals surface area (Å²) in [6, 6.07) is 11.7. The molecule has 2 unspecified atom stereocenters. The van der Waals surface area contributed by atoms with Crippen LogP contribution in [0.1, 0.15) is 107 Å². The van der Waals surface area contributed by atoms with E-state index in [0.717, 1.165) is 62.5 Å². The minimum Gasteiger partial charge on any atom is -0.478 e. The van der Waals surface area contributed by atoms with Crippen LogP contribution in [0.5, 0.6) is 0 Å². The molecule has 1 aliphatic heterocycles. The number of hydrogen-bond donors (Lipinski definition) is 6. The summed E-state index contributed by atoms with van der Waals surface area (Å²) in [6.45, 7) is 4.95. The van der Waals surface area contributed by atoms with Gasteiger partial charge < -0.3 is 26.4 Å². The molecule has 294 valence electrons. The van der Waals surface area contributed by atoms with E-state index in [1.165, 1.54) is 0 Å². The third-order valence-corrected chi connectivity index (χ3v) is 10.1. The Hall–Kier alpha value is -5.55. The van der Waals surface area contributed by atoms with Crippen LogP contribution in [0.2, 0.25) is 0 Å². The van der Waals surface area contributed by atoms with Crippen LogP contribution in [-0.4, -0.2) is 77.7 Å². The topological polar surface area (TPSA) is 197 Å². The quantitative estimate of drug-likeness (QED) is 0.0821. The lowest BCUT2D eigenvalue weighted by Crippen LogP contribution is -2.59. The standard InChI is InChI=1S/C42H54N6O7/c1-3-16-32(38(50)41(53)44-27-34(43-2)47-37(42(54)55)31-22-12-8-13-23-31)45-39(51)33-26-29-19-15-18-28(25-29)17-9-5-4-6-14-24-35(49)48-36(40(52)46-33)30-20-10-7-11-21-30/h8-9,12-13,15,17-19,22-23,25,30,32-33,36-37H,2-7,10-11,14,16,20-21,24,26-27H2,1H3,(H5,44,45,46,48,49,51,52,53,54,55)/p+1/b17-9-/t32?,33?,36-,37-/m0/s1. The summed E-state index contributed by atoms with van der Waals surface area (Å²) in [7, 11) is 0. The fourth-order valence-electron chi connectivity index (χ4n) is 7.08. The highest BCUT2D eigenvalue weighted by Gasteiger charge is 2.35. The van der Waals surface area contributed by atoms with Crippen LogP contribution in [0, 0.1) is 5.92 Å². The Morgan fingerprint density at radius 1 is 0.927 bits per heavy atom. The van der Waals surface area contributed by atoms with Gasteiger partial charge in [0.2, 0.25) is 29.5 Å². The van der Waals surface area contributed by atoms with Crippen LogP contribution in [0.15, 0.2) is 60.7 Å². The molecular weight excluding hydrogens is 700 g/mol. The number of allylic oxidation sites excluding steroid dienone is 1. The van der Waals surface area contributed by atoms with Crippen molar-refractivity contribution in [1.29, 1.82) is 0 Å². The SMILES string of the molecule is C=[N+]=C(CNC(=O)C(=O)C(CCC)NC(=O)C1Cc2cccc(c2)/C=C\CCCCCC(=O)N[C@@H](C2CCCCC2)C(=O)N1)N[C@H](C(=O)O)c1ccccc1. The Labute approximate surface area is 322 Å². The number of Topliss-reactive ketones (excluding diaryl/α,β-unsaturated/α-hetero) is 1. The average Bonchev–Trinajstić information content (AvgIpc) is 3.19. The molecule has 1 heterocycles. The molecule has 2 aromatic rings. The number of carbonyl (C=O) groups is 6. The van der Waals surface area contributed by atoms with E-state index in [-0.39, 0.29) is 37.0 Å². The van der Waals surface area contributed by atoms with E-state index in [4.69, 9.17) is 0 Å². The Kier molecular flexibility index (Phi) is 16.9. The molecule has 0 aromatic heterocycles. The van der Waals surface area contributed by atoms with E-state index in [1.54, 1.807) is 30.3 Å².